The molecule has 1 atom stereocenters. The van der Waals surface area contributed by atoms with Crippen molar-refractivity contribution < 1.29 is 5.11 Å². The molecule has 3 aromatic rings. The SMILES string of the molecule is Cc1ccc(C(O)c2ccc3ncccc3c2)c(C)c1. The lowest BCUT2D eigenvalue weighted by Crippen LogP contribution is -2.02. The summed E-state index contributed by atoms with van der Waals surface area (Å²) in [5.41, 5.74) is 5.13. The van der Waals surface area contributed by atoms with Crippen LogP contribution in [-0.2, 0) is 0 Å². The fraction of sp³-hybridized carbons (Fsp3) is 0.167. The van der Waals surface area contributed by atoms with E-state index in [1.54, 1.807) is 6.20 Å². The molecule has 2 aromatic carbocycles. The summed E-state index contributed by atoms with van der Waals surface area (Å²) in [5, 5.41) is 11.7. The molecule has 0 fully saturated rings. The summed E-state index contributed by atoms with van der Waals surface area (Å²) < 4.78 is 0. The van der Waals surface area contributed by atoms with Gasteiger partial charge in [0.2, 0.25) is 0 Å². The Labute approximate surface area is 118 Å². The van der Waals surface area contributed by atoms with Crippen molar-refractivity contribution in [3.63, 3.8) is 0 Å². The average Bonchev–Trinajstić information content (AvgIpc) is 2.46. The van der Waals surface area contributed by atoms with E-state index in [0.717, 1.165) is 27.6 Å². The van der Waals surface area contributed by atoms with E-state index in [-0.39, 0.29) is 0 Å². The molecule has 1 unspecified atom stereocenters. The van der Waals surface area contributed by atoms with Crippen molar-refractivity contribution in [1.29, 1.82) is 0 Å². The first-order valence-corrected chi connectivity index (χ1v) is 6.75. The molecule has 1 aromatic heterocycles. The fourth-order valence-corrected chi connectivity index (χ4v) is 2.58. The fourth-order valence-electron chi connectivity index (χ4n) is 2.58. The summed E-state index contributed by atoms with van der Waals surface area (Å²) in [6.07, 6.45) is 1.18. The normalized spacial score (nSPS) is 12.6. The standard InChI is InChI=1S/C18H17NO/c1-12-5-7-16(13(2)10-12)18(20)15-6-8-17-14(11-15)4-3-9-19-17/h3-11,18,20H,1-2H3. The summed E-state index contributed by atoms with van der Waals surface area (Å²) in [6, 6.07) is 16.0. The topological polar surface area (TPSA) is 33.1 Å². The first-order valence-electron chi connectivity index (χ1n) is 6.75. The number of rotatable bonds is 2. The van der Waals surface area contributed by atoms with E-state index in [9.17, 15) is 5.11 Å². The second-order valence-corrected chi connectivity index (χ2v) is 5.22. The Morgan fingerprint density at radius 2 is 1.85 bits per heavy atom. The Bertz CT molecular complexity index is 764. The van der Waals surface area contributed by atoms with Gasteiger partial charge in [0.1, 0.15) is 6.10 Å². The lowest BCUT2D eigenvalue weighted by atomic mass is 9.95. The van der Waals surface area contributed by atoms with Crippen molar-refractivity contribution in [2.75, 3.05) is 0 Å². The number of aromatic nitrogens is 1. The Balaban J connectivity index is 2.05. The van der Waals surface area contributed by atoms with E-state index in [2.05, 4.69) is 18.0 Å². The average molecular weight is 263 g/mol. The van der Waals surface area contributed by atoms with Crippen LogP contribution in [0.5, 0.6) is 0 Å². The highest BCUT2D eigenvalue weighted by molar-refractivity contribution is 5.79. The summed E-state index contributed by atoms with van der Waals surface area (Å²) in [4.78, 5) is 4.30. The molecule has 0 spiro atoms. The van der Waals surface area contributed by atoms with E-state index in [0.29, 0.717) is 0 Å². The Morgan fingerprint density at radius 3 is 2.65 bits per heavy atom. The lowest BCUT2D eigenvalue weighted by Gasteiger charge is -2.15. The maximum atomic E-state index is 10.6. The molecule has 0 amide bonds. The third kappa shape index (κ3) is 2.30. The van der Waals surface area contributed by atoms with Crippen molar-refractivity contribution in [3.05, 3.63) is 77.0 Å². The predicted molar refractivity (Wildman–Crippen MR) is 81.7 cm³/mol. The number of aliphatic hydroxyl groups is 1. The predicted octanol–water partition coefficient (Wildman–Crippen LogP) is 3.93. The number of nitrogens with zero attached hydrogens (tertiary/aromatic N) is 1. The van der Waals surface area contributed by atoms with Crippen LogP contribution in [0.3, 0.4) is 0 Å². The van der Waals surface area contributed by atoms with E-state index >= 15 is 0 Å². The van der Waals surface area contributed by atoms with Crippen molar-refractivity contribution in [1.82, 2.24) is 4.98 Å². The molecule has 2 heteroatoms. The smallest absolute Gasteiger partial charge is 0.104 e. The summed E-state index contributed by atoms with van der Waals surface area (Å²) in [6.45, 7) is 4.10. The second kappa shape index (κ2) is 5.06. The number of fused-ring (bicyclic) bond motifs is 1. The summed E-state index contributed by atoms with van der Waals surface area (Å²) >= 11 is 0. The second-order valence-electron chi connectivity index (χ2n) is 5.22. The molecule has 3 rings (SSSR count). The molecule has 0 saturated heterocycles. The van der Waals surface area contributed by atoms with Crippen LogP contribution in [0.4, 0.5) is 0 Å². The van der Waals surface area contributed by atoms with Gasteiger partial charge in [-0.25, -0.2) is 0 Å². The van der Waals surface area contributed by atoms with Gasteiger partial charge in [-0.05, 0) is 48.7 Å². The van der Waals surface area contributed by atoms with Crippen molar-refractivity contribution in [2.24, 2.45) is 0 Å². The molecule has 0 saturated carbocycles. The van der Waals surface area contributed by atoms with Gasteiger partial charge in [0.05, 0.1) is 5.52 Å². The zero-order valence-electron chi connectivity index (χ0n) is 11.7. The first kappa shape index (κ1) is 12.8. The number of pyridine rings is 1. The molecule has 20 heavy (non-hydrogen) atoms. The van der Waals surface area contributed by atoms with Crippen LogP contribution in [-0.4, -0.2) is 10.1 Å². The minimum absolute atomic E-state index is 0.597. The zero-order valence-corrected chi connectivity index (χ0v) is 11.7. The van der Waals surface area contributed by atoms with Gasteiger partial charge in [0.15, 0.2) is 0 Å². The molecule has 0 aliphatic carbocycles. The van der Waals surface area contributed by atoms with Crippen LogP contribution in [0.1, 0.15) is 28.4 Å². The minimum atomic E-state index is -0.597. The molecule has 1 N–H and O–H groups in total. The van der Waals surface area contributed by atoms with Gasteiger partial charge in [-0.3, -0.25) is 4.98 Å². The molecule has 1 heterocycles. The van der Waals surface area contributed by atoms with Crippen LogP contribution in [0.2, 0.25) is 0 Å². The Morgan fingerprint density at radius 1 is 1.00 bits per heavy atom. The highest BCUT2D eigenvalue weighted by Gasteiger charge is 2.13. The van der Waals surface area contributed by atoms with Crippen molar-refractivity contribution in [2.45, 2.75) is 20.0 Å². The molecular weight excluding hydrogens is 246 g/mol. The van der Waals surface area contributed by atoms with E-state index < -0.39 is 6.10 Å². The molecule has 0 aliphatic heterocycles. The number of hydrogen-bond acceptors (Lipinski definition) is 2. The number of aliphatic hydroxyl groups excluding tert-OH is 1. The van der Waals surface area contributed by atoms with E-state index in [1.807, 2.05) is 49.4 Å². The number of hydrogen-bond donors (Lipinski definition) is 1. The number of benzene rings is 2. The Kier molecular flexibility index (Phi) is 3.25. The van der Waals surface area contributed by atoms with Crippen LogP contribution in [0.25, 0.3) is 10.9 Å². The first-order chi connectivity index (χ1) is 9.65. The lowest BCUT2D eigenvalue weighted by molar-refractivity contribution is 0.219. The number of aryl methyl sites for hydroxylation is 2. The van der Waals surface area contributed by atoms with Crippen LogP contribution in [0, 0.1) is 13.8 Å². The Hall–Kier alpha value is -2.19. The van der Waals surface area contributed by atoms with Crippen LogP contribution in [0.15, 0.2) is 54.7 Å². The minimum Gasteiger partial charge on any atom is -0.384 e. The summed E-state index contributed by atoms with van der Waals surface area (Å²) in [7, 11) is 0. The molecule has 0 aliphatic rings. The van der Waals surface area contributed by atoms with Crippen molar-refractivity contribution >= 4 is 10.9 Å². The van der Waals surface area contributed by atoms with Gasteiger partial charge >= 0.3 is 0 Å². The maximum absolute atomic E-state index is 10.6. The highest BCUT2D eigenvalue weighted by atomic mass is 16.3. The van der Waals surface area contributed by atoms with Crippen LogP contribution >= 0.6 is 0 Å². The quantitative estimate of drug-likeness (QED) is 0.760. The summed E-state index contributed by atoms with van der Waals surface area (Å²) in [5.74, 6) is 0. The van der Waals surface area contributed by atoms with Gasteiger partial charge in [0.25, 0.3) is 0 Å². The van der Waals surface area contributed by atoms with Crippen LogP contribution < -0.4 is 0 Å². The molecule has 100 valence electrons. The van der Waals surface area contributed by atoms with Gasteiger partial charge in [-0.1, -0.05) is 35.9 Å². The third-order valence-electron chi connectivity index (χ3n) is 3.66. The van der Waals surface area contributed by atoms with E-state index in [1.165, 1.54) is 5.56 Å². The molecule has 0 radical (unpaired) electrons. The van der Waals surface area contributed by atoms with E-state index in [4.69, 9.17) is 0 Å². The zero-order chi connectivity index (χ0) is 14.1. The van der Waals surface area contributed by atoms with Gasteiger partial charge < -0.3 is 5.11 Å². The largest absolute Gasteiger partial charge is 0.384 e. The van der Waals surface area contributed by atoms with Gasteiger partial charge in [-0.15, -0.1) is 0 Å². The molecule has 0 bridgehead atoms. The monoisotopic (exact) mass is 263 g/mol. The molecule has 2 nitrogen and oxygen atoms in total. The highest BCUT2D eigenvalue weighted by Crippen LogP contribution is 2.27. The van der Waals surface area contributed by atoms with Gasteiger partial charge in [-0.2, -0.15) is 0 Å². The van der Waals surface area contributed by atoms with Gasteiger partial charge in [0, 0.05) is 11.6 Å². The molecular formula is C18H17NO. The third-order valence-corrected chi connectivity index (χ3v) is 3.66. The maximum Gasteiger partial charge on any atom is 0.104 e. The van der Waals surface area contributed by atoms with Crippen molar-refractivity contribution in [3.8, 4) is 0 Å².